The van der Waals surface area contributed by atoms with E-state index in [1.165, 1.54) is 4.90 Å². The third-order valence-corrected chi connectivity index (χ3v) is 2.73. The van der Waals surface area contributed by atoms with E-state index in [0.717, 1.165) is 10.2 Å². The molecular formula is C8H9BrOS. The second kappa shape index (κ2) is 4.80. The van der Waals surface area contributed by atoms with Crippen LogP contribution in [0.5, 0.6) is 0 Å². The zero-order valence-electron chi connectivity index (χ0n) is 5.96. The highest BCUT2D eigenvalue weighted by Gasteiger charge is 1.91. The van der Waals surface area contributed by atoms with Crippen LogP contribution in [-0.4, -0.2) is 9.77 Å². The van der Waals surface area contributed by atoms with Gasteiger partial charge in [0.2, 0.25) is 0 Å². The van der Waals surface area contributed by atoms with Crippen molar-refractivity contribution >= 4 is 27.7 Å². The molecule has 1 aromatic rings. The van der Waals surface area contributed by atoms with E-state index < -0.39 is 0 Å². The van der Waals surface area contributed by atoms with Crippen LogP contribution < -0.4 is 0 Å². The topological polar surface area (TPSA) is 20.2 Å². The molecule has 0 radical (unpaired) electrons. The number of hydrogen-bond donors (Lipinski definition) is 1. The largest absolute Gasteiger partial charge is 0.392 e. The maximum Gasteiger partial charge on any atom is 0.0681 e. The molecule has 0 saturated carbocycles. The Morgan fingerprint density at radius 1 is 1.27 bits per heavy atom. The first-order valence-electron chi connectivity index (χ1n) is 3.25. The molecule has 0 spiro atoms. The normalized spacial score (nSPS) is 10.0. The lowest BCUT2D eigenvalue weighted by molar-refractivity contribution is 0.282. The molecule has 60 valence electrons. The lowest BCUT2D eigenvalue weighted by atomic mass is 10.2. The Balaban J connectivity index is 2.66. The first-order valence-corrected chi connectivity index (χ1v) is 5.36. The average molecular weight is 233 g/mol. The predicted molar refractivity (Wildman–Crippen MR) is 52.0 cm³/mol. The van der Waals surface area contributed by atoms with Crippen molar-refractivity contribution in [3.8, 4) is 0 Å². The summed E-state index contributed by atoms with van der Waals surface area (Å²) in [6.45, 7) is 0.124. The van der Waals surface area contributed by atoms with E-state index in [-0.39, 0.29) is 6.61 Å². The summed E-state index contributed by atoms with van der Waals surface area (Å²) in [6.07, 6.45) is 0. The van der Waals surface area contributed by atoms with Gasteiger partial charge in [-0.05, 0) is 17.7 Å². The number of thioether (sulfide) groups is 1. The lowest BCUT2D eigenvalue weighted by Gasteiger charge is -1.98. The maximum atomic E-state index is 8.74. The fourth-order valence-corrected chi connectivity index (χ4v) is 2.00. The van der Waals surface area contributed by atoms with E-state index in [9.17, 15) is 0 Å². The first kappa shape index (κ1) is 9.10. The fraction of sp³-hybridized carbons (Fsp3) is 0.250. The van der Waals surface area contributed by atoms with Gasteiger partial charge < -0.3 is 5.11 Å². The van der Waals surface area contributed by atoms with E-state index in [1.807, 2.05) is 24.3 Å². The summed E-state index contributed by atoms with van der Waals surface area (Å²) in [6, 6.07) is 7.89. The highest BCUT2D eigenvalue weighted by Crippen LogP contribution is 2.19. The molecule has 1 nitrogen and oxygen atoms in total. The van der Waals surface area contributed by atoms with Crippen molar-refractivity contribution in [2.75, 3.05) is 4.66 Å². The van der Waals surface area contributed by atoms with Crippen LogP contribution in [0.1, 0.15) is 5.56 Å². The molecular weight excluding hydrogens is 224 g/mol. The Bertz CT molecular complexity index is 210. The molecule has 0 unspecified atom stereocenters. The third-order valence-electron chi connectivity index (χ3n) is 1.33. The number of rotatable bonds is 3. The standard InChI is InChI=1S/C8H9BrOS/c9-6-11-8-3-1-7(5-10)2-4-8/h1-4,10H,5-6H2. The van der Waals surface area contributed by atoms with Gasteiger partial charge in [-0.15, -0.1) is 11.8 Å². The molecule has 3 heteroatoms. The minimum Gasteiger partial charge on any atom is -0.392 e. The lowest BCUT2D eigenvalue weighted by Crippen LogP contribution is -1.80. The Labute approximate surface area is 78.9 Å². The van der Waals surface area contributed by atoms with Gasteiger partial charge in [0.05, 0.1) is 11.3 Å². The van der Waals surface area contributed by atoms with Crippen LogP contribution in [0.2, 0.25) is 0 Å². The van der Waals surface area contributed by atoms with Gasteiger partial charge >= 0.3 is 0 Å². The molecule has 0 amide bonds. The monoisotopic (exact) mass is 232 g/mol. The minimum absolute atomic E-state index is 0.124. The Morgan fingerprint density at radius 2 is 1.91 bits per heavy atom. The smallest absolute Gasteiger partial charge is 0.0681 e. The van der Waals surface area contributed by atoms with Crippen molar-refractivity contribution in [1.29, 1.82) is 0 Å². The molecule has 1 aromatic carbocycles. The average Bonchev–Trinajstić information content (AvgIpc) is 2.07. The Kier molecular flexibility index (Phi) is 3.97. The van der Waals surface area contributed by atoms with Crippen molar-refractivity contribution in [1.82, 2.24) is 0 Å². The van der Waals surface area contributed by atoms with Crippen LogP contribution in [0.3, 0.4) is 0 Å². The van der Waals surface area contributed by atoms with Gasteiger partial charge in [-0.1, -0.05) is 28.1 Å². The SMILES string of the molecule is OCc1ccc(SCBr)cc1. The molecule has 0 saturated heterocycles. The number of aliphatic hydroxyl groups is 1. The summed E-state index contributed by atoms with van der Waals surface area (Å²) in [5.41, 5.74) is 0.962. The highest BCUT2D eigenvalue weighted by atomic mass is 79.9. The van der Waals surface area contributed by atoms with Gasteiger partial charge in [0.15, 0.2) is 0 Å². The summed E-state index contributed by atoms with van der Waals surface area (Å²) in [4.78, 5) is 1.22. The van der Waals surface area contributed by atoms with Gasteiger partial charge in [-0.2, -0.15) is 0 Å². The van der Waals surface area contributed by atoms with Gasteiger partial charge in [0, 0.05) is 4.90 Å². The molecule has 1 N–H and O–H groups in total. The van der Waals surface area contributed by atoms with E-state index in [4.69, 9.17) is 5.11 Å². The molecule has 0 fully saturated rings. The second-order valence-corrected chi connectivity index (χ2v) is 4.41. The maximum absolute atomic E-state index is 8.74. The summed E-state index contributed by atoms with van der Waals surface area (Å²) in [5.74, 6) is 0. The van der Waals surface area contributed by atoms with Crippen molar-refractivity contribution in [2.24, 2.45) is 0 Å². The summed E-state index contributed by atoms with van der Waals surface area (Å²) < 4.78 is 0.908. The molecule has 0 aromatic heterocycles. The van der Waals surface area contributed by atoms with Crippen molar-refractivity contribution < 1.29 is 5.11 Å². The minimum atomic E-state index is 0.124. The number of hydrogen-bond acceptors (Lipinski definition) is 2. The molecule has 0 aliphatic rings. The molecule has 1 rings (SSSR count). The van der Waals surface area contributed by atoms with Crippen LogP contribution in [0.4, 0.5) is 0 Å². The van der Waals surface area contributed by atoms with E-state index in [1.54, 1.807) is 11.8 Å². The van der Waals surface area contributed by atoms with Crippen molar-refractivity contribution in [2.45, 2.75) is 11.5 Å². The van der Waals surface area contributed by atoms with E-state index in [0.29, 0.717) is 0 Å². The Morgan fingerprint density at radius 3 is 2.36 bits per heavy atom. The Hall–Kier alpha value is 0.01000. The van der Waals surface area contributed by atoms with E-state index >= 15 is 0 Å². The van der Waals surface area contributed by atoms with Crippen molar-refractivity contribution in [3.63, 3.8) is 0 Å². The van der Waals surface area contributed by atoms with E-state index in [2.05, 4.69) is 15.9 Å². The highest BCUT2D eigenvalue weighted by molar-refractivity contribution is 9.11. The fourth-order valence-electron chi connectivity index (χ4n) is 0.754. The number of alkyl halides is 1. The molecule has 0 aliphatic heterocycles. The molecule has 0 heterocycles. The van der Waals surface area contributed by atoms with Gasteiger partial charge in [-0.3, -0.25) is 0 Å². The molecule has 0 atom stereocenters. The zero-order chi connectivity index (χ0) is 8.10. The van der Waals surface area contributed by atoms with Gasteiger partial charge in [0.25, 0.3) is 0 Å². The number of aliphatic hydroxyl groups excluding tert-OH is 1. The summed E-state index contributed by atoms with van der Waals surface area (Å²) in [5, 5.41) is 8.74. The van der Waals surface area contributed by atoms with Crippen LogP contribution >= 0.6 is 27.7 Å². The van der Waals surface area contributed by atoms with Crippen LogP contribution in [0.25, 0.3) is 0 Å². The molecule has 11 heavy (non-hydrogen) atoms. The predicted octanol–water partition coefficient (Wildman–Crippen LogP) is 2.62. The second-order valence-electron chi connectivity index (χ2n) is 2.06. The van der Waals surface area contributed by atoms with Gasteiger partial charge in [0.1, 0.15) is 0 Å². The third kappa shape index (κ3) is 2.85. The summed E-state index contributed by atoms with van der Waals surface area (Å²) >= 11 is 5.06. The summed E-state index contributed by atoms with van der Waals surface area (Å²) in [7, 11) is 0. The first-order chi connectivity index (χ1) is 5.36. The van der Waals surface area contributed by atoms with Crippen LogP contribution in [-0.2, 0) is 6.61 Å². The van der Waals surface area contributed by atoms with Gasteiger partial charge in [-0.25, -0.2) is 0 Å². The molecule has 0 aliphatic carbocycles. The molecule has 0 bridgehead atoms. The quantitative estimate of drug-likeness (QED) is 0.639. The van der Waals surface area contributed by atoms with Crippen LogP contribution in [0, 0.1) is 0 Å². The van der Waals surface area contributed by atoms with Crippen LogP contribution in [0.15, 0.2) is 29.2 Å². The number of halogens is 1. The number of benzene rings is 1. The zero-order valence-corrected chi connectivity index (χ0v) is 8.36. The van der Waals surface area contributed by atoms with Crippen molar-refractivity contribution in [3.05, 3.63) is 29.8 Å².